The summed E-state index contributed by atoms with van der Waals surface area (Å²) < 4.78 is 6.93. The maximum atomic E-state index is 12.2. The molecule has 0 radical (unpaired) electrons. The molecule has 25 heavy (non-hydrogen) atoms. The zero-order chi connectivity index (χ0) is 18.5. The molecule has 0 amide bonds. The summed E-state index contributed by atoms with van der Waals surface area (Å²) in [7, 11) is 0. The van der Waals surface area contributed by atoms with E-state index in [0.29, 0.717) is 0 Å². The summed E-state index contributed by atoms with van der Waals surface area (Å²) in [5.41, 5.74) is 0. The second-order valence-electron chi connectivity index (χ2n) is 7.10. The first-order chi connectivity index (χ1) is 12.1. The summed E-state index contributed by atoms with van der Waals surface area (Å²) in [6.07, 6.45) is 13.9. The van der Waals surface area contributed by atoms with Crippen molar-refractivity contribution in [1.29, 1.82) is 0 Å². The molecule has 5 heteroatoms. The van der Waals surface area contributed by atoms with Crippen LogP contribution in [-0.4, -0.2) is 27.0 Å². The van der Waals surface area contributed by atoms with Crippen molar-refractivity contribution in [2.24, 2.45) is 11.8 Å². The van der Waals surface area contributed by atoms with Gasteiger partial charge >= 0.3 is 6.09 Å². The highest BCUT2D eigenvalue weighted by atomic mass is 16.6. The summed E-state index contributed by atoms with van der Waals surface area (Å²) in [4.78, 5) is 16.0. The SMILES string of the molecule is CCCCC(CC)CCC(CCC(CC)CC)OC(=O)n1cncn1. The van der Waals surface area contributed by atoms with E-state index in [0.717, 1.165) is 37.5 Å². The Bertz CT molecular complexity index is 444. The quantitative estimate of drug-likeness (QED) is 0.447. The van der Waals surface area contributed by atoms with E-state index in [1.165, 1.54) is 55.9 Å². The average Bonchev–Trinajstić information content (AvgIpc) is 3.17. The summed E-state index contributed by atoms with van der Waals surface area (Å²) in [5.74, 6) is 1.45. The fraction of sp³-hybridized carbons (Fsp3) is 0.850. The van der Waals surface area contributed by atoms with E-state index in [9.17, 15) is 4.79 Å². The molecule has 5 nitrogen and oxygen atoms in total. The Morgan fingerprint density at radius 1 is 0.960 bits per heavy atom. The van der Waals surface area contributed by atoms with Crippen LogP contribution in [-0.2, 0) is 4.74 Å². The number of nitrogens with zero attached hydrogens (tertiary/aromatic N) is 3. The lowest BCUT2D eigenvalue weighted by Gasteiger charge is -2.22. The number of ether oxygens (including phenoxy) is 1. The van der Waals surface area contributed by atoms with Gasteiger partial charge in [0.25, 0.3) is 0 Å². The standard InChI is InChI=1S/C20H37N3O2/c1-5-9-10-18(8-4)12-14-19(13-11-17(6-2)7-3)25-20(24)23-16-21-15-22-23/h15-19H,5-14H2,1-4H3. The zero-order valence-corrected chi connectivity index (χ0v) is 16.6. The number of aromatic nitrogens is 3. The maximum absolute atomic E-state index is 12.2. The molecule has 0 bridgehead atoms. The van der Waals surface area contributed by atoms with E-state index in [2.05, 4.69) is 37.8 Å². The largest absolute Gasteiger partial charge is 0.445 e. The molecule has 0 saturated carbocycles. The molecule has 0 aliphatic carbocycles. The van der Waals surface area contributed by atoms with Crippen molar-refractivity contribution in [3.05, 3.63) is 12.7 Å². The van der Waals surface area contributed by atoms with Gasteiger partial charge in [0.15, 0.2) is 0 Å². The van der Waals surface area contributed by atoms with Gasteiger partial charge in [-0.05, 0) is 37.5 Å². The molecule has 1 aromatic heterocycles. The van der Waals surface area contributed by atoms with Crippen molar-refractivity contribution in [2.75, 3.05) is 0 Å². The molecule has 0 fully saturated rings. The predicted molar refractivity (Wildman–Crippen MR) is 102 cm³/mol. The minimum Gasteiger partial charge on any atom is -0.445 e. The van der Waals surface area contributed by atoms with Gasteiger partial charge in [0.05, 0.1) is 0 Å². The molecule has 0 N–H and O–H groups in total. The van der Waals surface area contributed by atoms with Gasteiger partial charge in [-0.3, -0.25) is 0 Å². The maximum Gasteiger partial charge on any atom is 0.436 e. The van der Waals surface area contributed by atoms with Crippen molar-refractivity contribution in [3.8, 4) is 0 Å². The normalized spacial score (nSPS) is 13.8. The molecule has 2 unspecified atom stereocenters. The van der Waals surface area contributed by atoms with E-state index in [1.54, 1.807) is 0 Å². The number of hydrogen-bond acceptors (Lipinski definition) is 4. The number of rotatable bonds is 13. The third-order valence-electron chi connectivity index (χ3n) is 5.37. The lowest BCUT2D eigenvalue weighted by molar-refractivity contribution is 0.0768. The average molecular weight is 352 g/mol. The number of hydrogen-bond donors (Lipinski definition) is 0. The number of carbonyl (C=O) groups excluding carboxylic acids is 1. The summed E-state index contributed by atoms with van der Waals surface area (Å²) in [5, 5.41) is 3.88. The molecule has 1 rings (SSSR count). The molecule has 2 atom stereocenters. The zero-order valence-electron chi connectivity index (χ0n) is 16.6. The molecule has 0 aliphatic rings. The highest BCUT2D eigenvalue weighted by Gasteiger charge is 2.19. The van der Waals surface area contributed by atoms with Crippen LogP contribution in [0.2, 0.25) is 0 Å². The van der Waals surface area contributed by atoms with E-state index >= 15 is 0 Å². The molecule has 1 heterocycles. The van der Waals surface area contributed by atoms with Crippen LogP contribution in [0, 0.1) is 11.8 Å². The van der Waals surface area contributed by atoms with Crippen LogP contribution < -0.4 is 0 Å². The van der Waals surface area contributed by atoms with Gasteiger partial charge in [-0.2, -0.15) is 4.68 Å². The van der Waals surface area contributed by atoms with Crippen LogP contribution in [0.25, 0.3) is 0 Å². The Balaban J connectivity index is 2.58. The van der Waals surface area contributed by atoms with Crippen molar-refractivity contribution < 1.29 is 9.53 Å². The van der Waals surface area contributed by atoms with Gasteiger partial charge in [-0.15, -0.1) is 5.10 Å². The predicted octanol–water partition coefficient (Wildman–Crippen LogP) is 5.84. The third kappa shape index (κ3) is 8.50. The molecule has 144 valence electrons. The highest BCUT2D eigenvalue weighted by Crippen LogP contribution is 2.24. The molecular weight excluding hydrogens is 314 g/mol. The van der Waals surface area contributed by atoms with Crippen molar-refractivity contribution in [2.45, 2.75) is 98.0 Å². The van der Waals surface area contributed by atoms with Crippen LogP contribution in [0.3, 0.4) is 0 Å². The van der Waals surface area contributed by atoms with Crippen LogP contribution in [0.5, 0.6) is 0 Å². The minimum atomic E-state index is -0.409. The van der Waals surface area contributed by atoms with E-state index in [4.69, 9.17) is 4.74 Å². The van der Waals surface area contributed by atoms with Crippen LogP contribution >= 0.6 is 0 Å². The van der Waals surface area contributed by atoms with Gasteiger partial charge < -0.3 is 4.74 Å². The fourth-order valence-corrected chi connectivity index (χ4v) is 3.35. The monoisotopic (exact) mass is 351 g/mol. The van der Waals surface area contributed by atoms with Gasteiger partial charge in [-0.1, -0.05) is 66.2 Å². The van der Waals surface area contributed by atoms with Crippen LogP contribution in [0.15, 0.2) is 12.7 Å². The van der Waals surface area contributed by atoms with Crippen molar-refractivity contribution in [1.82, 2.24) is 14.8 Å². The number of unbranched alkanes of at least 4 members (excludes halogenated alkanes) is 1. The topological polar surface area (TPSA) is 57.0 Å². The first-order valence-electron chi connectivity index (χ1n) is 10.2. The fourth-order valence-electron chi connectivity index (χ4n) is 3.35. The Morgan fingerprint density at radius 3 is 2.12 bits per heavy atom. The van der Waals surface area contributed by atoms with Gasteiger partial charge in [0.1, 0.15) is 18.8 Å². The first-order valence-corrected chi connectivity index (χ1v) is 10.2. The molecular formula is C20H37N3O2. The van der Waals surface area contributed by atoms with E-state index < -0.39 is 6.09 Å². The van der Waals surface area contributed by atoms with Crippen molar-refractivity contribution in [3.63, 3.8) is 0 Å². The Kier molecular flexibility index (Phi) is 11.2. The summed E-state index contributed by atoms with van der Waals surface area (Å²) >= 11 is 0. The first kappa shape index (κ1) is 21.7. The second kappa shape index (κ2) is 12.9. The van der Waals surface area contributed by atoms with Gasteiger partial charge in [0.2, 0.25) is 0 Å². The molecule has 0 aromatic carbocycles. The Labute approximate surface area is 153 Å². The Hall–Kier alpha value is -1.39. The molecule has 1 aromatic rings. The third-order valence-corrected chi connectivity index (χ3v) is 5.37. The lowest BCUT2D eigenvalue weighted by Crippen LogP contribution is -2.24. The summed E-state index contributed by atoms with van der Waals surface area (Å²) in [6, 6.07) is 0. The minimum absolute atomic E-state index is 0.0204. The van der Waals surface area contributed by atoms with Crippen molar-refractivity contribution >= 4 is 6.09 Å². The number of carbonyl (C=O) groups is 1. The lowest BCUT2D eigenvalue weighted by atomic mass is 9.90. The van der Waals surface area contributed by atoms with E-state index in [-0.39, 0.29) is 6.10 Å². The van der Waals surface area contributed by atoms with Gasteiger partial charge in [0, 0.05) is 0 Å². The van der Waals surface area contributed by atoms with Crippen LogP contribution in [0.4, 0.5) is 4.79 Å². The van der Waals surface area contributed by atoms with Gasteiger partial charge in [-0.25, -0.2) is 9.78 Å². The van der Waals surface area contributed by atoms with Crippen LogP contribution in [0.1, 0.15) is 91.9 Å². The Morgan fingerprint density at radius 2 is 1.60 bits per heavy atom. The molecule has 0 aliphatic heterocycles. The molecule has 0 spiro atoms. The smallest absolute Gasteiger partial charge is 0.436 e. The highest BCUT2D eigenvalue weighted by molar-refractivity contribution is 5.68. The second-order valence-corrected chi connectivity index (χ2v) is 7.10. The summed E-state index contributed by atoms with van der Waals surface area (Å²) in [6.45, 7) is 8.98. The molecule has 0 saturated heterocycles. The van der Waals surface area contributed by atoms with E-state index in [1.807, 2.05) is 0 Å².